The predicted molar refractivity (Wildman–Crippen MR) is 126 cm³/mol. The summed E-state index contributed by atoms with van der Waals surface area (Å²) in [7, 11) is 1.25. The zero-order chi connectivity index (χ0) is 23.8. The van der Waals surface area contributed by atoms with Crippen molar-refractivity contribution in [2.45, 2.75) is 30.6 Å². The van der Waals surface area contributed by atoms with E-state index in [4.69, 9.17) is 0 Å². The first-order valence-corrected chi connectivity index (χ1v) is 11.9. The normalized spacial score (nSPS) is 14.4. The maximum atomic E-state index is 12.6. The molecular weight excluding hydrogens is 442 g/mol. The largest absolute Gasteiger partial charge is 0.331 e. The number of hydrazone groups is 1. The molecule has 0 atom stereocenters. The summed E-state index contributed by atoms with van der Waals surface area (Å²) < 4.78 is 27.8. The van der Waals surface area contributed by atoms with Gasteiger partial charge in [0.25, 0.3) is 5.91 Å². The van der Waals surface area contributed by atoms with E-state index in [1.165, 1.54) is 19.1 Å². The lowest BCUT2D eigenvalue weighted by Gasteiger charge is -2.10. The van der Waals surface area contributed by atoms with Crippen LogP contribution in [0.25, 0.3) is 11.0 Å². The second kappa shape index (κ2) is 8.87. The molecule has 1 amide bonds. The quantitative estimate of drug-likeness (QED) is 0.506. The number of hydrogen-bond acceptors (Lipinski definition) is 6. The smallest absolute Gasteiger partial charge is 0.253 e. The van der Waals surface area contributed by atoms with Crippen molar-refractivity contribution in [3.05, 3.63) is 54.4 Å². The van der Waals surface area contributed by atoms with E-state index in [-0.39, 0.29) is 35.8 Å². The van der Waals surface area contributed by atoms with Crippen molar-refractivity contribution in [1.82, 2.24) is 13.9 Å². The van der Waals surface area contributed by atoms with Crippen molar-refractivity contribution in [3.8, 4) is 0 Å². The summed E-state index contributed by atoms with van der Waals surface area (Å²) in [5.41, 5.74) is 2.59. The number of Topliss-reactive ketones (excluding diaryl/α,β-unsaturated/α-hetero) is 1. The van der Waals surface area contributed by atoms with Gasteiger partial charge >= 0.3 is 0 Å². The zero-order valence-corrected chi connectivity index (χ0v) is 19.5. The fourth-order valence-corrected chi connectivity index (χ4v) is 4.66. The number of ketones is 1. The van der Waals surface area contributed by atoms with Crippen LogP contribution in [0.5, 0.6) is 0 Å². The van der Waals surface area contributed by atoms with Gasteiger partial charge in [-0.3, -0.25) is 9.59 Å². The number of carbonyl (C=O) groups excluding carboxylic acids is 2. The van der Waals surface area contributed by atoms with Gasteiger partial charge in [-0.15, -0.1) is 0 Å². The van der Waals surface area contributed by atoms with E-state index in [2.05, 4.69) is 10.1 Å². The van der Waals surface area contributed by atoms with Gasteiger partial charge in [0.2, 0.25) is 10.0 Å². The van der Waals surface area contributed by atoms with Crippen molar-refractivity contribution in [3.63, 3.8) is 0 Å². The summed E-state index contributed by atoms with van der Waals surface area (Å²) in [4.78, 5) is 29.6. The summed E-state index contributed by atoms with van der Waals surface area (Å²) in [5.74, 6) is 0.510. The number of aromatic nitrogens is 2. The summed E-state index contributed by atoms with van der Waals surface area (Å²) in [6, 6.07) is 13.9. The van der Waals surface area contributed by atoms with Crippen LogP contribution in [-0.2, 0) is 33.1 Å². The van der Waals surface area contributed by atoms with E-state index in [1.807, 2.05) is 29.8 Å². The Balaban J connectivity index is 1.44. The maximum Gasteiger partial charge on any atom is 0.253 e. The van der Waals surface area contributed by atoms with Gasteiger partial charge in [-0.2, -0.15) is 5.10 Å². The van der Waals surface area contributed by atoms with Crippen LogP contribution in [0, 0.1) is 0 Å². The third-order valence-corrected chi connectivity index (χ3v) is 7.40. The molecule has 10 heteroatoms. The topological polar surface area (TPSA) is 105 Å². The van der Waals surface area contributed by atoms with Crippen LogP contribution in [0.2, 0.25) is 0 Å². The Bertz CT molecular complexity index is 1360. The van der Waals surface area contributed by atoms with Crippen molar-refractivity contribution in [2.75, 3.05) is 19.1 Å². The molecule has 3 aromatic rings. The highest BCUT2D eigenvalue weighted by Crippen LogP contribution is 2.23. The number of carbonyl (C=O) groups is 2. The molecule has 0 unspecified atom stereocenters. The van der Waals surface area contributed by atoms with Gasteiger partial charge in [0.15, 0.2) is 0 Å². The van der Waals surface area contributed by atoms with Crippen LogP contribution in [0.3, 0.4) is 0 Å². The molecule has 0 saturated carbocycles. The molecule has 172 valence electrons. The van der Waals surface area contributed by atoms with Gasteiger partial charge < -0.3 is 4.57 Å². The Morgan fingerprint density at radius 2 is 1.85 bits per heavy atom. The van der Waals surface area contributed by atoms with Gasteiger partial charge in [0.1, 0.15) is 11.6 Å². The minimum atomic E-state index is -3.55. The van der Waals surface area contributed by atoms with Gasteiger partial charge in [0, 0.05) is 40.4 Å². The number of para-hydroxylation sites is 1. The van der Waals surface area contributed by atoms with Gasteiger partial charge in [-0.05, 0) is 30.3 Å². The second-order valence-corrected chi connectivity index (χ2v) is 10.3. The molecule has 1 aliphatic heterocycles. The molecule has 0 bridgehead atoms. The van der Waals surface area contributed by atoms with E-state index in [0.29, 0.717) is 29.2 Å². The van der Waals surface area contributed by atoms with Gasteiger partial charge in [-0.1, -0.05) is 18.2 Å². The number of sulfonamides is 1. The Morgan fingerprint density at radius 1 is 1.12 bits per heavy atom. The summed E-state index contributed by atoms with van der Waals surface area (Å²) in [5, 5.41) is 5.67. The van der Waals surface area contributed by atoms with Crippen molar-refractivity contribution < 1.29 is 18.0 Å². The summed E-state index contributed by atoms with van der Waals surface area (Å²) in [6.45, 7) is 0. The highest BCUT2D eigenvalue weighted by molar-refractivity contribution is 7.89. The van der Waals surface area contributed by atoms with Crippen LogP contribution < -0.4 is 5.01 Å². The number of imidazole rings is 1. The number of rotatable bonds is 8. The molecule has 0 saturated heterocycles. The molecule has 2 aromatic carbocycles. The first-order chi connectivity index (χ1) is 15.7. The van der Waals surface area contributed by atoms with E-state index in [1.54, 1.807) is 30.3 Å². The number of amides is 1. The average Bonchev–Trinajstić information content (AvgIpc) is 3.31. The Hall–Kier alpha value is -3.37. The molecule has 0 spiro atoms. The first-order valence-electron chi connectivity index (χ1n) is 10.5. The van der Waals surface area contributed by atoms with E-state index < -0.39 is 10.0 Å². The molecule has 0 fully saturated rings. The molecule has 1 aliphatic rings. The van der Waals surface area contributed by atoms with Gasteiger partial charge in [-0.25, -0.2) is 22.7 Å². The number of benzene rings is 2. The van der Waals surface area contributed by atoms with E-state index in [9.17, 15) is 18.0 Å². The molecule has 9 nitrogen and oxygen atoms in total. The Morgan fingerprint density at radius 3 is 2.55 bits per heavy atom. The molecule has 1 aromatic heterocycles. The van der Waals surface area contributed by atoms with Crippen LogP contribution in [0.15, 0.2) is 58.5 Å². The average molecular weight is 468 g/mol. The fraction of sp³-hybridized carbons (Fsp3) is 0.304. The lowest BCUT2D eigenvalue weighted by atomic mass is 10.1. The van der Waals surface area contributed by atoms with Crippen LogP contribution in [0.1, 0.15) is 25.1 Å². The summed E-state index contributed by atoms with van der Waals surface area (Å²) >= 11 is 0. The van der Waals surface area contributed by atoms with Crippen LogP contribution in [-0.4, -0.2) is 53.8 Å². The minimum absolute atomic E-state index is 0.0283. The highest BCUT2D eigenvalue weighted by atomic mass is 32.2. The third-order valence-electron chi connectivity index (χ3n) is 5.59. The zero-order valence-electron chi connectivity index (χ0n) is 18.7. The second-order valence-electron chi connectivity index (χ2n) is 8.12. The molecule has 0 aliphatic carbocycles. The number of hydrogen-bond donors (Lipinski definition) is 0. The number of nitrogens with zero attached hydrogens (tertiary/aromatic N) is 5. The van der Waals surface area contributed by atoms with Crippen molar-refractivity contribution in [2.24, 2.45) is 12.1 Å². The minimum Gasteiger partial charge on any atom is -0.331 e. The SMILES string of the molecule is CN(C)S(=O)(=O)c1ccc2c(c1)nc(CCC(=O)CC1=NN(c3ccccc3)C(=O)C1)n2C. The van der Waals surface area contributed by atoms with E-state index >= 15 is 0 Å². The van der Waals surface area contributed by atoms with Crippen molar-refractivity contribution >= 4 is 44.1 Å². The Kier molecular flexibility index (Phi) is 6.13. The standard InChI is InChI=1S/C23H25N5O4S/c1-26(2)33(31,32)19-10-11-21-20(15-19)24-22(27(21)3)12-9-18(29)13-16-14-23(30)28(25-16)17-7-5-4-6-8-17/h4-8,10-11,15H,9,12-14H2,1-3H3. The maximum absolute atomic E-state index is 12.6. The monoisotopic (exact) mass is 467 g/mol. The van der Waals surface area contributed by atoms with Crippen LogP contribution >= 0.6 is 0 Å². The number of fused-ring (bicyclic) bond motifs is 1. The third kappa shape index (κ3) is 4.57. The molecule has 0 N–H and O–H groups in total. The first kappa shape index (κ1) is 22.8. The molecule has 4 rings (SSSR count). The number of aryl methyl sites for hydroxylation is 2. The summed E-state index contributed by atoms with van der Waals surface area (Å²) in [6.07, 6.45) is 0.905. The molecule has 0 radical (unpaired) electrons. The lowest BCUT2D eigenvalue weighted by molar-refractivity contribution is -0.117. The number of anilines is 1. The van der Waals surface area contributed by atoms with Gasteiger partial charge in [0.05, 0.1) is 33.7 Å². The highest BCUT2D eigenvalue weighted by Gasteiger charge is 2.26. The van der Waals surface area contributed by atoms with Crippen LogP contribution in [0.4, 0.5) is 5.69 Å². The fourth-order valence-electron chi connectivity index (χ4n) is 3.74. The Labute approximate surface area is 192 Å². The van der Waals surface area contributed by atoms with E-state index in [0.717, 1.165) is 9.82 Å². The molecular formula is C23H25N5O4S. The predicted octanol–water partition coefficient (Wildman–Crippen LogP) is 2.51. The lowest BCUT2D eigenvalue weighted by Crippen LogP contribution is -2.22. The van der Waals surface area contributed by atoms with Crippen molar-refractivity contribution in [1.29, 1.82) is 0 Å². The molecule has 2 heterocycles. The molecule has 33 heavy (non-hydrogen) atoms.